The molecule has 0 saturated heterocycles. The van der Waals surface area contributed by atoms with Crippen LogP contribution in [0.2, 0.25) is 0 Å². The summed E-state index contributed by atoms with van der Waals surface area (Å²) in [6, 6.07) is 9.45. The molecular weight excluding hydrogens is 285 g/mol. The molecule has 0 aliphatic carbocycles. The average molecular weight is 324 g/mol. The van der Waals surface area contributed by atoms with E-state index < -0.39 is 7.26 Å². The Kier molecular flexibility index (Phi) is 5.78. The SMILES string of the molecule is CCC(C)[PH](c1ccc(N(C)C)cc1)(C(C)(C)C)C(C)(C)C. The summed E-state index contributed by atoms with van der Waals surface area (Å²) >= 11 is 0. The maximum atomic E-state index is 2.49. The van der Waals surface area contributed by atoms with E-state index in [9.17, 15) is 0 Å². The first-order valence-electron chi connectivity index (χ1n) is 8.67. The van der Waals surface area contributed by atoms with E-state index in [0.717, 1.165) is 5.66 Å². The van der Waals surface area contributed by atoms with Crippen molar-refractivity contribution in [3.8, 4) is 0 Å². The predicted molar refractivity (Wildman–Crippen MR) is 108 cm³/mol. The van der Waals surface area contributed by atoms with Gasteiger partial charge >= 0.3 is 139 Å². The van der Waals surface area contributed by atoms with Crippen LogP contribution in [0.4, 0.5) is 5.69 Å². The van der Waals surface area contributed by atoms with Crippen LogP contribution in [0.25, 0.3) is 0 Å². The van der Waals surface area contributed by atoms with Gasteiger partial charge in [-0.15, -0.1) is 0 Å². The molecule has 1 aromatic carbocycles. The molecule has 1 unspecified atom stereocenters. The summed E-state index contributed by atoms with van der Waals surface area (Å²) in [6.45, 7) is 19.7. The summed E-state index contributed by atoms with van der Waals surface area (Å²) in [6.07, 6.45) is 1.26. The molecule has 0 aromatic heterocycles. The van der Waals surface area contributed by atoms with Crippen molar-refractivity contribution in [3.05, 3.63) is 24.3 Å². The third-order valence-corrected chi connectivity index (χ3v) is 13.4. The van der Waals surface area contributed by atoms with Gasteiger partial charge in [-0.2, -0.15) is 0 Å². The van der Waals surface area contributed by atoms with Crippen LogP contribution in [0.15, 0.2) is 24.3 Å². The molecule has 1 atom stereocenters. The van der Waals surface area contributed by atoms with Gasteiger partial charge in [-0.1, -0.05) is 0 Å². The Hall–Kier alpha value is -0.550. The first-order valence-corrected chi connectivity index (χ1v) is 10.7. The van der Waals surface area contributed by atoms with Gasteiger partial charge in [-0.05, 0) is 0 Å². The second kappa shape index (κ2) is 6.52. The first-order chi connectivity index (χ1) is 9.89. The fourth-order valence-electron chi connectivity index (χ4n) is 5.08. The van der Waals surface area contributed by atoms with Crippen LogP contribution in [0.1, 0.15) is 61.8 Å². The van der Waals surface area contributed by atoms with Crippen LogP contribution >= 0.6 is 7.26 Å². The minimum absolute atomic E-state index is 0.334. The predicted octanol–water partition coefficient (Wildman–Crippen LogP) is 5.52. The van der Waals surface area contributed by atoms with Crippen LogP contribution in [0.5, 0.6) is 0 Å². The summed E-state index contributed by atoms with van der Waals surface area (Å²) in [4.78, 5) is 2.18. The van der Waals surface area contributed by atoms with Crippen LogP contribution in [0.3, 0.4) is 0 Å². The Morgan fingerprint density at radius 3 is 1.59 bits per heavy atom. The van der Waals surface area contributed by atoms with E-state index in [1.54, 1.807) is 5.30 Å². The van der Waals surface area contributed by atoms with E-state index >= 15 is 0 Å². The van der Waals surface area contributed by atoms with Crippen LogP contribution in [-0.4, -0.2) is 30.1 Å². The molecule has 1 nitrogen and oxygen atoms in total. The van der Waals surface area contributed by atoms with Gasteiger partial charge in [-0.25, -0.2) is 0 Å². The monoisotopic (exact) mass is 323 g/mol. The average Bonchev–Trinajstić information content (AvgIpc) is 2.36. The molecule has 0 aliphatic heterocycles. The zero-order valence-corrected chi connectivity index (χ0v) is 17.5. The number of nitrogens with zero attached hydrogens (tertiary/aromatic N) is 1. The molecule has 0 aliphatic rings. The van der Waals surface area contributed by atoms with Crippen LogP contribution in [0, 0.1) is 0 Å². The zero-order chi connectivity index (χ0) is 17.3. The Morgan fingerprint density at radius 1 is 0.909 bits per heavy atom. The van der Waals surface area contributed by atoms with Gasteiger partial charge in [0.2, 0.25) is 0 Å². The van der Waals surface area contributed by atoms with E-state index in [1.165, 1.54) is 12.1 Å². The molecular formula is C20H38NP. The molecule has 22 heavy (non-hydrogen) atoms. The molecule has 0 fully saturated rings. The van der Waals surface area contributed by atoms with Crippen molar-refractivity contribution in [2.24, 2.45) is 0 Å². The third-order valence-electron chi connectivity index (χ3n) is 5.56. The number of rotatable bonds is 4. The number of benzene rings is 1. The van der Waals surface area contributed by atoms with Crippen LogP contribution < -0.4 is 10.2 Å². The van der Waals surface area contributed by atoms with Gasteiger partial charge in [0.15, 0.2) is 0 Å². The molecule has 0 bridgehead atoms. The Morgan fingerprint density at radius 2 is 1.32 bits per heavy atom. The summed E-state index contributed by atoms with van der Waals surface area (Å²) in [7, 11) is 2.47. The summed E-state index contributed by atoms with van der Waals surface area (Å²) in [5, 5.41) is 2.29. The van der Waals surface area contributed by atoms with E-state index in [-0.39, 0.29) is 0 Å². The van der Waals surface area contributed by atoms with Gasteiger partial charge in [-0.3, -0.25) is 0 Å². The van der Waals surface area contributed by atoms with Crippen molar-refractivity contribution in [2.45, 2.75) is 77.8 Å². The van der Waals surface area contributed by atoms with E-state index in [4.69, 9.17) is 0 Å². The van der Waals surface area contributed by atoms with Crippen molar-refractivity contribution < 1.29 is 0 Å². The quantitative estimate of drug-likeness (QED) is 0.659. The fraction of sp³-hybridized carbons (Fsp3) is 0.700. The van der Waals surface area contributed by atoms with Crippen molar-refractivity contribution >= 4 is 18.3 Å². The van der Waals surface area contributed by atoms with Crippen LogP contribution in [-0.2, 0) is 0 Å². The van der Waals surface area contributed by atoms with Crippen molar-refractivity contribution in [1.29, 1.82) is 0 Å². The second-order valence-electron chi connectivity index (χ2n) is 9.06. The Balaban J connectivity index is 3.62. The Labute approximate surface area is 139 Å². The standard InChI is InChI=1S/C20H38NP/c1-11-16(2)22(19(3,4)5,20(6,7)8)18-14-12-17(13-15-18)21(9)10/h12-16,22H,11H2,1-10H3. The molecule has 0 heterocycles. The van der Waals surface area contributed by atoms with Gasteiger partial charge in [0.1, 0.15) is 0 Å². The Bertz CT molecular complexity index is 460. The van der Waals surface area contributed by atoms with Gasteiger partial charge in [0.25, 0.3) is 0 Å². The minimum atomic E-state index is -1.75. The normalized spacial score (nSPS) is 15.5. The maximum absolute atomic E-state index is 2.49. The van der Waals surface area contributed by atoms with Crippen molar-refractivity contribution in [3.63, 3.8) is 0 Å². The third kappa shape index (κ3) is 3.21. The summed E-state index contributed by atoms with van der Waals surface area (Å²) in [5.74, 6) is 0. The molecule has 1 aromatic rings. The molecule has 0 N–H and O–H groups in total. The summed E-state index contributed by atoms with van der Waals surface area (Å²) < 4.78 is 0. The van der Waals surface area contributed by atoms with Gasteiger partial charge in [0, 0.05) is 0 Å². The van der Waals surface area contributed by atoms with Gasteiger partial charge in [0.05, 0.1) is 0 Å². The van der Waals surface area contributed by atoms with E-state index in [2.05, 4.69) is 98.7 Å². The molecule has 2 heteroatoms. The zero-order valence-electron chi connectivity index (χ0n) is 16.5. The topological polar surface area (TPSA) is 3.24 Å². The second-order valence-corrected chi connectivity index (χ2v) is 15.2. The van der Waals surface area contributed by atoms with E-state index in [1.807, 2.05) is 0 Å². The molecule has 0 saturated carbocycles. The van der Waals surface area contributed by atoms with Crippen molar-refractivity contribution in [2.75, 3.05) is 19.0 Å². The molecule has 0 spiro atoms. The van der Waals surface area contributed by atoms with Gasteiger partial charge < -0.3 is 0 Å². The number of hydrogen-bond donors (Lipinski definition) is 0. The van der Waals surface area contributed by atoms with Crippen molar-refractivity contribution in [1.82, 2.24) is 0 Å². The van der Waals surface area contributed by atoms with E-state index in [0.29, 0.717) is 10.3 Å². The number of hydrogen-bond acceptors (Lipinski definition) is 1. The molecule has 128 valence electrons. The molecule has 0 amide bonds. The molecule has 1 rings (SSSR count). The molecule has 0 radical (unpaired) electrons. The first kappa shape index (κ1) is 19.5. The number of anilines is 1. The summed E-state index contributed by atoms with van der Waals surface area (Å²) in [5.41, 5.74) is 2.05. The fourth-order valence-corrected chi connectivity index (χ4v) is 13.9.